The van der Waals surface area contributed by atoms with Crippen molar-refractivity contribution >= 4 is 16.8 Å². The van der Waals surface area contributed by atoms with Gasteiger partial charge in [0.05, 0.1) is 24.0 Å². The van der Waals surface area contributed by atoms with Crippen molar-refractivity contribution < 1.29 is 18.7 Å². The Hall–Kier alpha value is -3.52. The maximum atomic E-state index is 13.8. The zero-order valence-electron chi connectivity index (χ0n) is 18.4. The second kappa shape index (κ2) is 8.12. The van der Waals surface area contributed by atoms with Crippen LogP contribution in [-0.4, -0.2) is 43.4 Å². The summed E-state index contributed by atoms with van der Waals surface area (Å²) in [5.41, 5.74) is 4.32. The number of aryl methyl sites for hydroxylation is 1. The zero-order chi connectivity index (χ0) is 23.3. The first-order valence-electron chi connectivity index (χ1n) is 10.9. The number of benzene rings is 2. The predicted octanol–water partition coefficient (Wildman–Crippen LogP) is 4.07. The highest BCUT2D eigenvalue weighted by Crippen LogP contribution is 2.36. The molecule has 0 aliphatic carbocycles. The topological polar surface area (TPSA) is 63.3 Å². The molecule has 0 spiro atoms. The maximum Gasteiger partial charge on any atom is 0.254 e. The van der Waals surface area contributed by atoms with Crippen molar-refractivity contribution in [2.24, 2.45) is 7.05 Å². The van der Waals surface area contributed by atoms with E-state index in [9.17, 15) is 18.7 Å². The third kappa shape index (κ3) is 3.60. The lowest BCUT2D eigenvalue weighted by atomic mass is 9.95. The molecule has 8 heteroatoms. The fourth-order valence-electron chi connectivity index (χ4n) is 4.88. The molecule has 0 saturated carbocycles. The first kappa shape index (κ1) is 21.3. The van der Waals surface area contributed by atoms with Crippen molar-refractivity contribution in [2.75, 3.05) is 13.2 Å². The van der Waals surface area contributed by atoms with Gasteiger partial charge in [0, 0.05) is 60.0 Å². The summed E-state index contributed by atoms with van der Waals surface area (Å²) in [6.45, 7) is 2.95. The molecule has 0 saturated heterocycles. The number of nitrogens with zero attached hydrogens (tertiary/aromatic N) is 4. The minimum Gasteiger partial charge on any atom is -0.395 e. The summed E-state index contributed by atoms with van der Waals surface area (Å²) < 4.78 is 31.3. The molecule has 1 aliphatic rings. The lowest BCUT2D eigenvalue weighted by Crippen LogP contribution is -2.38. The van der Waals surface area contributed by atoms with E-state index in [1.165, 1.54) is 12.1 Å². The Bertz CT molecular complexity index is 1350. The van der Waals surface area contributed by atoms with Crippen LogP contribution >= 0.6 is 0 Å². The summed E-state index contributed by atoms with van der Waals surface area (Å²) in [4.78, 5) is 15.2. The zero-order valence-corrected chi connectivity index (χ0v) is 18.4. The van der Waals surface area contributed by atoms with Crippen LogP contribution in [0.15, 0.2) is 48.7 Å². The van der Waals surface area contributed by atoms with Gasteiger partial charge in [-0.3, -0.25) is 9.48 Å². The van der Waals surface area contributed by atoms with E-state index in [1.807, 2.05) is 35.9 Å². The molecule has 2 aromatic heterocycles. The van der Waals surface area contributed by atoms with Gasteiger partial charge in [-0.1, -0.05) is 0 Å². The maximum absolute atomic E-state index is 13.8. The van der Waals surface area contributed by atoms with Gasteiger partial charge in [-0.15, -0.1) is 0 Å². The average Bonchev–Trinajstić information content (AvgIpc) is 3.33. The second-order valence-corrected chi connectivity index (χ2v) is 8.42. The lowest BCUT2D eigenvalue weighted by Gasteiger charge is -2.33. The number of rotatable bonds is 4. The van der Waals surface area contributed by atoms with E-state index in [-0.39, 0.29) is 18.6 Å². The molecule has 5 rings (SSSR count). The number of halogens is 2. The van der Waals surface area contributed by atoms with Crippen molar-refractivity contribution in [3.63, 3.8) is 0 Å². The highest BCUT2D eigenvalue weighted by Gasteiger charge is 2.33. The molecule has 2 aromatic carbocycles. The van der Waals surface area contributed by atoms with Crippen molar-refractivity contribution in [2.45, 2.75) is 25.9 Å². The lowest BCUT2D eigenvalue weighted by molar-refractivity contribution is 0.0674. The standard InChI is InChI=1S/C25H24F2N4O2/c1-15-23-21(24(29(2)28-23)18-12-19(26)14-20(27)13-18)6-8-31(15)25(33)17-3-4-22-16(11-17)5-7-30(22)9-10-32/h3-5,7,11-15,32H,6,8-10H2,1-2H3/t15-/m0/s1. The summed E-state index contributed by atoms with van der Waals surface area (Å²) in [7, 11) is 1.75. The van der Waals surface area contributed by atoms with E-state index < -0.39 is 11.6 Å². The van der Waals surface area contributed by atoms with E-state index in [2.05, 4.69) is 5.10 Å². The van der Waals surface area contributed by atoms with Crippen LogP contribution in [0.2, 0.25) is 0 Å². The summed E-state index contributed by atoms with van der Waals surface area (Å²) in [6, 6.07) is 10.7. The quantitative estimate of drug-likeness (QED) is 0.510. The number of aromatic nitrogens is 3. The van der Waals surface area contributed by atoms with E-state index in [0.717, 1.165) is 28.2 Å². The Morgan fingerprint density at radius 2 is 1.91 bits per heavy atom. The van der Waals surface area contributed by atoms with Gasteiger partial charge in [0.15, 0.2) is 0 Å². The highest BCUT2D eigenvalue weighted by atomic mass is 19.1. The Labute approximate surface area is 189 Å². The highest BCUT2D eigenvalue weighted by molar-refractivity contribution is 5.98. The van der Waals surface area contributed by atoms with Crippen LogP contribution in [0.25, 0.3) is 22.2 Å². The van der Waals surface area contributed by atoms with E-state index in [0.29, 0.717) is 36.3 Å². The summed E-state index contributed by atoms with van der Waals surface area (Å²) >= 11 is 0. The predicted molar refractivity (Wildman–Crippen MR) is 121 cm³/mol. The van der Waals surface area contributed by atoms with Gasteiger partial charge in [0.1, 0.15) is 11.6 Å². The molecule has 4 aromatic rings. The van der Waals surface area contributed by atoms with Crippen LogP contribution in [0, 0.1) is 11.6 Å². The average molecular weight is 450 g/mol. The third-order valence-electron chi connectivity index (χ3n) is 6.40. The molecule has 1 aliphatic heterocycles. The van der Waals surface area contributed by atoms with Crippen LogP contribution < -0.4 is 0 Å². The van der Waals surface area contributed by atoms with Gasteiger partial charge in [-0.2, -0.15) is 5.10 Å². The first-order valence-corrected chi connectivity index (χ1v) is 10.9. The van der Waals surface area contributed by atoms with Gasteiger partial charge in [0.25, 0.3) is 5.91 Å². The molecule has 0 unspecified atom stereocenters. The summed E-state index contributed by atoms with van der Waals surface area (Å²) in [5, 5.41) is 14.8. The van der Waals surface area contributed by atoms with Crippen molar-refractivity contribution in [3.05, 3.63) is 77.1 Å². The molecule has 6 nitrogen and oxygen atoms in total. The molecule has 0 fully saturated rings. The van der Waals surface area contributed by atoms with Gasteiger partial charge in [0.2, 0.25) is 0 Å². The number of aliphatic hydroxyl groups excluding tert-OH is 1. The van der Waals surface area contributed by atoms with Gasteiger partial charge < -0.3 is 14.6 Å². The Morgan fingerprint density at radius 3 is 2.64 bits per heavy atom. The molecule has 1 amide bonds. The minimum absolute atomic E-state index is 0.0480. The monoisotopic (exact) mass is 450 g/mol. The summed E-state index contributed by atoms with van der Waals surface area (Å²) in [5.74, 6) is -1.36. The SMILES string of the molecule is C[C@H]1c2nn(C)c(-c3cc(F)cc(F)c3)c2CCN1C(=O)c1ccc2c(ccn2CCO)c1. The summed E-state index contributed by atoms with van der Waals surface area (Å²) in [6.07, 6.45) is 2.44. The number of amides is 1. The molecular formula is C25H24F2N4O2. The first-order chi connectivity index (χ1) is 15.9. The van der Waals surface area contributed by atoms with Gasteiger partial charge in [-0.05, 0) is 49.7 Å². The van der Waals surface area contributed by atoms with Crippen LogP contribution in [-0.2, 0) is 20.0 Å². The number of hydrogen-bond donors (Lipinski definition) is 1. The van der Waals surface area contributed by atoms with Crippen LogP contribution in [0.4, 0.5) is 8.78 Å². The van der Waals surface area contributed by atoms with Crippen molar-refractivity contribution in [1.82, 2.24) is 19.2 Å². The Morgan fingerprint density at radius 1 is 1.15 bits per heavy atom. The Kier molecular flexibility index (Phi) is 5.25. The fraction of sp³-hybridized carbons (Fsp3) is 0.280. The fourth-order valence-corrected chi connectivity index (χ4v) is 4.88. The number of hydrogen-bond acceptors (Lipinski definition) is 3. The second-order valence-electron chi connectivity index (χ2n) is 8.42. The molecular weight excluding hydrogens is 426 g/mol. The third-order valence-corrected chi connectivity index (χ3v) is 6.40. The van der Waals surface area contributed by atoms with Crippen molar-refractivity contribution in [3.8, 4) is 11.3 Å². The number of aliphatic hydroxyl groups is 1. The molecule has 0 bridgehead atoms. The molecule has 1 N–H and O–H groups in total. The molecule has 1 atom stereocenters. The smallest absolute Gasteiger partial charge is 0.254 e. The van der Waals surface area contributed by atoms with Gasteiger partial charge in [-0.25, -0.2) is 8.78 Å². The molecule has 3 heterocycles. The largest absolute Gasteiger partial charge is 0.395 e. The van der Waals surface area contributed by atoms with Crippen LogP contribution in [0.1, 0.15) is 34.6 Å². The van der Waals surface area contributed by atoms with Crippen LogP contribution in [0.5, 0.6) is 0 Å². The van der Waals surface area contributed by atoms with Gasteiger partial charge >= 0.3 is 0 Å². The molecule has 170 valence electrons. The molecule has 33 heavy (non-hydrogen) atoms. The number of carbonyl (C=O) groups excluding carboxylic acids is 1. The van der Waals surface area contributed by atoms with E-state index in [1.54, 1.807) is 22.7 Å². The van der Waals surface area contributed by atoms with E-state index >= 15 is 0 Å². The van der Waals surface area contributed by atoms with E-state index in [4.69, 9.17) is 0 Å². The minimum atomic E-state index is -0.635. The Balaban J connectivity index is 1.47. The number of fused-ring (bicyclic) bond motifs is 2. The normalized spacial score (nSPS) is 15.8. The van der Waals surface area contributed by atoms with Crippen LogP contribution in [0.3, 0.4) is 0 Å². The number of carbonyl (C=O) groups is 1. The molecule has 0 radical (unpaired) electrons. The van der Waals surface area contributed by atoms with Crippen molar-refractivity contribution in [1.29, 1.82) is 0 Å².